The van der Waals surface area contributed by atoms with Crippen LogP contribution in [0.15, 0.2) is 18.3 Å². The second-order valence-corrected chi connectivity index (χ2v) is 3.08. The zero-order valence-electron chi connectivity index (χ0n) is 8.68. The third-order valence-electron chi connectivity index (χ3n) is 2.07. The first kappa shape index (κ1) is 11.5. The summed E-state index contributed by atoms with van der Waals surface area (Å²) in [6.45, 7) is 2.71. The molecule has 5 heteroatoms. The Morgan fingerprint density at radius 3 is 2.80 bits per heavy atom. The molecule has 0 aromatic carbocycles. The fourth-order valence-corrected chi connectivity index (χ4v) is 1.24. The minimum Gasteiger partial charge on any atom is -0.395 e. The maximum absolute atomic E-state index is 11.8. The van der Waals surface area contributed by atoms with E-state index in [0.29, 0.717) is 24.5 Å². The van der Waals surface area contributed by atoms with Gasteiger partial charge in [-0.3, -0.25) is 4.79 Å². The molecule has 1 aromatic heterocycles. The van der Waals surface area contributed by atoms with E-state index >= 15 is 0 Å². The number of rotatable bonds is 4. The SMILES string of the molecule is CCN(CCO)C(=O)c1ccc(N)nc1. The Kier molecular flexibility index (Phi) is 4.05. The van der Waals surface area contributed by atoms with E-state index in [1.165, 1.54) is 6.20 Å². The predicted octanol–water partition coefficient (Wildman–Crippen LogP) is 0.118. The zero-order chi connectivity index (χ0) is 11.3. The highest BCUT2D eigenvalue weighted by Crippen LogP contribution is 2.05. The lowest BCUT2D eigenvalue weighted by Gasteiger charge is -2.19. The summed E-state index contributed by atoms with van der Waals surface area (Å²) < 4.78 is 0. The van der Waals surface area contributed by atoms with Crippen LogP contribution >= 0.6 is 0 Å². The molecule has 0 saturated carbocycles. The van der Waals surface area contributed by atoms with Gasteiger partial charge in [0.15, 0.2) is 0 Å². The summed E-state index contributed by atoms with van der Waals surface area (Å²) in [6.07, 6.45) is 1.44. The molecule has 3 N–H and O–H groups in total. The Labute approximate surface area is 88.5 Å². The van der Waals surface area contributed by atoms with E-state index in [2.05, 4.69) is 4.98 Å². The van der Waals surface area contributed by atoms with Crippen molar-refractivity contribution in [1.29, 1.82) is 0 Å². The number of carbonyl (C=O) groups is 1. The van der Waals surface area contributed by atoms with E-state index in [-0.39, 0.29) is 12.5 Å². The predicted molar refractivity (Wildman–Crippen MR) is 57.3 cm³/mol. The van der Waals surface area contributed by atoms with Crippen LogP contribution in [0, 0.1) is 0 Å². The topological polar surface area (TPSA) is 79.5 Å². The largest absolute Gasteiger partial charge is 0.395 e. The summed E-state index contributed by atoms with van der Waals surface area (Å²) in [5.41, 5.74) is 5.90. The molecule has 0 fully saturated rings. The van der Waals surface area contributed by atoms with Gasteiger partial charge in [0.25, 0.3) is 5.91 Å². The average Bonchev–Trinajstić information content (AvgIpc) is 2.26. The second-order valence-electron chi connectivity index (χ2n) is 3.08. The lowest BCUT2D eigenvalue weighted by atomic mass is 10.2. The number of amides is 1. The molecule has 0 radical (unpaired) electrons. The van der Waals surface area contributed by atoms with Gasteiger partial charge in [0.2, 0.25) is 0 Å². The molecule has 0 atom stereocenters. The molecule has 82 valence electrons. The highest BCUT2D eigenvalue weighted by Gasteiger charge is 2.13. The van der Waals surface area contributed by atoms with Crippen molar-refractivity contribution in [3.05, 3.63) is 23.9 Å². The standard InChI is InChI=1S/C10H15N3O2/c1-2-13(5-6-14)10(15)8-3-4-9(11)12-7-8/h3-4,7,14H,2,5-6H2,1H3,(H2,11,12). The molecule has 0 bridgehead atoms. The van der Waals surface area contributed by atoms with Gasteiger partial charge in [-0.25, -0.2) is 4.98 Å². The molecule has 1 aromatic rings. The Hall–Kier alpha value is -1.62. The number of nitrogens with two attached hydrogens (primary N) is 1. The summed E-state index contributed by atoms with van der Waals surface area (Å²) in [4.78, 5) is 17.2. The number of aliphatic hydroxyl groups excluding tert-OH is 1. The number of nitrogen functional groups attached to an aromatic ring is 1. The number of anilines is 1. The van der Waals surface area contributed by atoms with Crippen molar-refractivity contribution in [3.8, 4) is 0 Å². The Morgan fingerprint density at radius 2 is 2.33 bits per heavy atom. The van der Waals surface area contributed by atoms with E-state index in [1.807, 2.05) is 6.92 Å². The normalized spacial score (nSPS) is 10.0. The molecule has 1 amide bonds. The van der Waals surface area contributed by atoms with E-state index in [0.717, 1.165) is 0 Å². The minimum atomic E-state index is -0.140. The van der Waals surface area contributed by atoms with Crippen molar-refractivity contribution >= 4 is 11.7 Å². The van der Waals surface area contributed by atoms with Crippen LogP contribution in [0.4, 0.5) is 5.82 Å². The average molecular weight is 209 g/mol. The summed E-state index contributed by atoms with van der Waals surface area (Å²) in [5.74, 6) is 0.246. The molecular weight excluding hydrogens is 194 g/mol. The fraction of sp³-hybridized carbons (Fsp3) is 0.400. The quantitative estimate of drug-likeness (QED) is 0.738. The van der Waals surface area contributed by atoms with Crippen molar-refractivity contribution < 1.29 is 9.90 Å². The highest BCUT2D eigenvalue weighted by atomic mass is 16.3. The van der Waals surface area contributed by atoms with Crippen molar-refractivity contribution in [2.75, 3.05) is 25.4 Å². The van der Waals surface area contributed by atoms with Crippen LogP contribution in [0.1, 0.15) is 17.3 Å². The number of pyridine rings is 1. The first-order valence-electron chi connectivity index (χ1n) is 4.80. The molecule has 0 unspecified atom stereocenters. The van der Waals surface area contributed by atoms with Crippen LogP contribution in [-0.2, 0) is 0 Å². The van der Waals surface area contributed by atoms with Crippen LogP contribution in [0.2, 0.25) is 0 Å². The van der Waals surface area contributed by atoms with Crippen LogP contribution in [0.5, 0.6) is 0 Å². The Bertz CT molecular complexity index is 324. The van der Waals surface area contributed by atoms with Gasteiger partial charge in [0, 0.05) is 19.3 Å². The summed E-state index contributed by atoms with van der Waals surface area (Å²) >= 11 is 0. The Morgan fingerprint density at radius 1 is 1.60 bits per heavy atom. The van der Waals surface area contributed by atoms with Crippen molar-refractivity contribution in [3.63, 3.8) is 0 Å². The zero-order valence-corrected chi connectivity index (χ0v) is 8.68. The molecule has 15 heavy (non-hydrogen) atoms. The highest BCUT2D eigenvalue weighted by molar-refractivity contribution is 5.94. The number of hydrogen-bond acceptors (Lipinski definition) is 4. The van der Waals surface area contributed by atoms with Gasteiger partial charge in [-0.15, -0.1) is 0 Å². The van der Waals surface area contributed by atoms with Crippen LogP contribution in [-0.4, -0.2) is 40.6 Å². The molecule has 0 aliphatic rings. The molecular formula is C10H15N3O2. The monoisotopic (exact) mass is 209 g/mol. The molecule has 1 heterocycles. The van der Waals surface area contributed by atoms with Gasteiger partial charge < -0.3 is 15.7 Å². The molecule has 0 aliphatic heterocycles. The minimum absolute atomic E-state index is 0.0397. The summed E-state index contributed by atoms with van der Waals surface area (Å²) in [5, 5.41) is 8.78. The van der Waals surface area contributed by atoms with Gasteiger partial charge in [-0.2, -0.15) is 0 Å². The number of nitrogens with zero attached hydrogens (tertiary/aromatic N) is 2. The number of likely N-dealkylation sites (N-methyl/N-ethyl adjacent to an activating group) is 1. The smallest absolute Gasteiger partial charge is 0.255 e. The van der Waals surface area contributed by atoms with E-state index < -0.39 is 0 Å². The third-order valence-corrected chi connectivity index (χ3v) is 2.07. The molecule has 0 aliphatic carbocycles. The van der Waals surface area contributed by atoms with Gasteiger partial charge in [0.1, 0.15) is 5.82 Å². The fourth-order valence-electron chi connectivity index (χ4n) is 1.24. The third kappa shape index (κ3) is 2.92. The van der Waals surface area contributed by atoms with E-state index in [9.17, 15) is 4.79 Å². The number of carbonyl (C=O) groups excluding carboxylic acids is 1. The van der Waals surface area contributed by atoms with Crippen molar-refractivity contribution in [2.24, 2.45) is 0 Å². The van der Waals surface area contributed by atoms with Crippen molar-refractivity contribution in [1.82, 2.24) is 9.88 Å². The number of aromatic nitrogens is 1. The lowest BCUT2D eigenvalue weighted by Crippen LogP contribution is -2.33. The van der Waals surface area contributed by atoms with E-state index in [4.69, 9.17) is 10.8 Å². The molecule has 1 rings (SSSR count). The van der Waals surface area contributed by atoms with Crippen molar-refractivity contribution in [2.45, 2.75) is 6.92 Å². The lowest BCUT2D eigenvalue weighted by molar-refractivity contribution is 0.0731. The van der Waals surface area contributed by atoms with E-state index in [1.54, 1.807) is 17.0 Å². The maximum atomic E-state index is 11.8. The van der Waals surface area contributed by atoms with Gasteiger partial charge in [0.05, 0.1) is 12.2 Å². The maximum Gasteiger partial charge on any atom is 0.255 e. The van der Waals surface area contributed by atoms with Crippen LogP contribution in [0.3, 0.4) is 0 Å². The number of aliphatic hydroxyl groups is 1. The van der Waals surface area contributed by atoms with Gasteiger partial charge in [-0.05, 0) is 19.1 Å². The second kappa shape index (κ2) is 5.31. The first-order chi connectivity index (χ1) is 7.19. The van der Waals surface area contributed by atoms with Gasteiger partial charge in [-0.1, -0.05) is 0 Å². The molecule has 0 saturated heterocycles. The van der Waals surface area contributed by atoms with Gasteiger partial charge >= 0.3 is 0 Å². The molecule has 5 nitrogen and oxygen atoms in total. The molecule has 0 spiro atoms. The summed E-state index contributed by atoms with van der Waals surface area (Å²) in [6, 6.07) is 3.21. The summed E-state index contributed by atoms with van der Waals surface area (Å²) in [7, 11) is 0. The number of hydrogen-bond donors (Lipinski definition) is 2. The first-order valence-corrected chi connectivity index (χ1v) is 4.80. The Balaban J connectivity index is 2.78. The van der Waals surface area contributed by atoms with Crippen LogP contribution < -0.4 is 5.73 Å². The van der Waals surface area contributed by atoms with Crippen LogP contribution in [0.25, 0.3) is 0 Å².